The van der Waals surface area contributed by atoms with Gasteiger partial charge in [-0.25, -0.2) is 9.78 Å². The van der Waals surface area contributed by atoms with Gasteiger partial charge < -0.3 is 19.7 Å². The molecule has 0 aliphatic rings. The Morgan fingerprint density at radius 3 is 2.59 bits per heavy atom. The first-order valence-corrected chi connectivity index (χ1v) is 11.6. The number of carbonyl (C=O) groups excluding carboxylic acids is 1. The maximum atomic E-state index is 13.5. The first-order valence-electron chi connectivity index (χ1n) is 11.6. The van der Waals surface area contributed by atoms with E-state index in [-0.39, 0.29) is 17.5 Å². The van der Waals surface area contributed by atoms with Gasteiger partial charge in [0, 0.05) is 25.4 Å². The fraction of sp³-hybridized carbons (Fsp3) is 0.423. The predicted octanol–water partition coefficient (Wildman–Crippen LogP) is 4.69. The number of nitrogens with one attached hydrogen (secondary N) is 1. The summed E-state index contributed by atoms with van der Waals surface area (Å²) in [5.74, 6) is 1.43. The van der Waals surface area contributed by atoms with E-state index in [1.165, 1.54) is 0 Å². The standard InChI is InChI=1S/C26H34N4O4/c1-6-23(24-28-22-13-8-7-12-21(22)25(31)29(24)14-15-33-4)30(17-18(2)3)26(32)27-19-10-9-11-20(16-19)34-5/h7-13,16,18,23H,6,14-15,17H2,1-5H3,(H,27,32). The number of amides is 2. The van der Waals surface area contributed by atoms with Gasteiger partial charge in [0.2, 0.25) is 0 Å². The lowest BCUT2D eigenvalue weighted by Crippen LogP contribution is -2.43. The molecule has 1 aromatic heterocycles. The van der Waals surface area contributed by atoms with Crippen molar-refractivity contribution in [3.8, 4) is 5.75 Å². The molecule has 34 heavy (non-hydrogen) atoms. The van der Waals surface area contributed by atoms with Gasteiger partial charge in [-0.2, -0.15) is 0 Å². The lowest BCUT2D eigenvalue weighted by atomic mass is 10.1. The summed E-state index contributed by atoms with van der Waals surface area (Å²) in [7, 11) is 3.19. The van der Waals surface area contributed by atoms with E-state index < -0.39 is 6.04 Å². The van der Waals surface area contributed by atoms with Crippen molar-refractivity contribution in [1.29, 1.82) is 0 Å². The number of aromatic nitrogens is 2. The van der Waals surface area contributed by atoms with Crippen LogP contribution >= 0.6 is 0 Å². The third-order valence-electron chi connectivity index (χ3n) is 5.61. The molecule has 1 atom stereocenters. The number of fused-ring (bicyclic) bond motifs is 1. The van der Waals surface area contributed by atoms with Gasteiger partial charge in [0.25, 0.3) is 5.56 Å². The Kier molecular flexibility index (Phi) is 8.65. The maximum absolute atomic E-state index is 13.5. The average Bonchev–Trinajstić information content (AvgIpc) is 2.83. The highest BCUT2D eigenvalue weighted by Crippen LogP contribution is 2.26. The highest BCUT2D eigenvalue weighted by Gasteiger charge is 2.29. The van der Waals surface area contributed by atoms with E-state index in [9.17, 15) is 9.59 Å². The quantitative estimate of drug-likeness (QED) is 0.468. The zero-order valence-electron chi connectivity index (χ0n) is 20.6. The topological polar surface area (TPSA) is 85.7 Å². The van der Waals surface area contributed by atoms with Crippen LogP contribution in [0, 0.1) is 5.92 Å². The van der Waals surface area contributed by atoms with E-state index in [0.717, 1.165) is 0 Å². The highest BCUT2D eigenvalue weighted by atomic mass is 16.5. The second kappa shape index (κ2) is 11.7. The van der Waals surface area contributed by atoms with Crippen molar-refractivity contribution in [1.82, 2.24) is 14.5 Å². The summed E-state index contributed by atoms with van der Waals surface area (Å²) in [5.41, 5.74) is 1.12. The Balaban J connectivity index is 2.07. The molecule has 0 aliphatic carbocycles. The molecule has 0 radical (unpaired) electrons. The largest absolute Gasteiger partial charge is 0.497 e. The molecule has 8 heteroatoms. The minimum atomic E-state index is -0.401. The van der Waals surface area contributed by atoms with Crippen molar-refractivity contribution >= 4 is 22.6 Å². The van der Waals surface area contributed by atoms with Crippen molar-refractivity contribution in [2.45, 2.75) is 39.8 Å². The van der Waals surface area contributed by atoms with Crippen molar-refractivity contribution in [3.63, 3.8) is 0 Å². The number of urea groups is 1. The van der Waals surface area contributed by atoms with Crippen LogP contribution in [-0.2, 0) is 11.3 Å². The lowest BCUT2D eigenvalue weighted by molar-refractivity contribution is 0.162. The SMILES string of the molecule is CCC(c1nc2ccccc2c(=O)n1CCOC)N(CC(C)C)C(=O)Nc1cccc(OC)c1. The highest BCUT2D eigenvalue weighted by molar-refractivity contribution is 5.90. The zero-order valence-corrected chi connectivity index (χ0v) is 20.6. The van der Waals surface area contributed by atoms with E-state index in [2.05, 4.69) is 19.2 Å². The maximum Gasteiger partial charge on any atom is 0.322 e. The number of ether oxygens (including phenoxy) is 2. The molecule has 1 N–H and O–H groups in total. The van der Waals surface area contributed by atoms with Crippen LogP contribution in [0.5, 0.6) is 5.75 Å². The minimum Gasteiger partial charge on any atom is -0.497 e. The summed E-state index contributed by atoms with van der Waals surface area (Å²) in [5, 5.41) is 3.54. The molecular formula is C26H34N4O4. The van der Waals surface area contributed by atoms with Gasteiger partial charge in [-0.05, 0) is 36.6 Å². The third-order valence-corrected chi connectivity index (χ3v) is 5.61. The van der Waals surface area contributed by atoms with Crippen LogP contribution in [0.1, 0.15) is 39.1 Å². The molecule has 0 fully saturated rings. The van der Waals surface area contributed by atoms with Crippen LogP contribution < -0.4 is 15.6 Å². The van der Waals surface area contributed by atoms with Crippen molar-refractivity contribution in [2.75, 3.05) is 32.7 Å². The molecule has 182 valence electrons. The molecule has 1 unspecified atom stereocenters. The van der Waals surface area contributed by atoms with Gasteiger partial charge in [0.15, 0.2) is 0 Å². The fourth-order valence-electron chi connectivity index (χ4n) is 4.02. The van der Waals surface area contributed by atoms with Gasteiger partial charge >= 0.3 is 6.03 Å². The van der Waals surface area contributed by atoms with Gasteiger partial charge in [0.1, 0.15) is 11.6 Å². The van der Waals surface area contributed by atoms with E-state index >= 15 is 0 Å². The lowest BCUT2D eigenvalue weighted by Gasteiger charge is -2.33. The molecule has 0 spiro atoms. The van der Waals surface area contributed by atoms with Crippen molar-refractivity contribution in [2.24, 2.45) is 5.92 Å². The minimum absolute atomic E-state index is 0.131. The Morgan fingerprint density at radius 2 is 1.91 bits per heavy atom. The number of carbonyl (C=O) groups is 1. The molecule has 1 heterocycles. The van der Waals surface area contributed by atoms with Gasteiger partial charge in [0.05, 0.1) is 37.2 Å². The molecule has 2 amide bonds. The first-order chi connectivity index (χ1) is 16.4. The summed E-state index contributed by atoms with van der Waals surface area (Å²) in [6, 6.07) is 13.9. The molecule has 0 aliphatic heterocycles. The summed E-state index contributed by atoms with van der Waals surface area (Å²) in [6.07, 6.45) is 0.593. The summed E-state index contributed by atoms with van der Waals surface area (Å²) < 4.78 is 12.2. The number of anilines is 1. The molecule has 2 aromatic carbocycles. The number of benzene rings is 2. The van der Waals surface area contributed by atoms with Crippen LogP contribution in [0.3, 0.4) is 0 Å². The number of hydrogen-bond donors (Lipinski definition) is 1. The van der Waals surface area contributed by atoms with E-state index in [1.807, 2.05) is 43.3 Å². The molecule has 0 saturated heterocycles. The monoisotopic (exact) mass is 466 g/mol. The summed E-state index contributed by atoms with van der Waals surface area (Å²) >= 11 is 0. The van der Waals surface area contributed by atoms with E-state index in [1.54, 1.807) is 35.8 Å². The Bertz CT molecular complexity index is 1170. The van der Waals surface area contributed by atoms with Gasteiger partial charge in [-0.3, -0.25) is 9.36 Å². The molecule has 3 rings (SSSR count). The number of rotatable bonds is 10. The van der Waals surface area contributed by atoms with Gasteiger partial charge in [-0.1, -0.05) is 39.0 Å². The summed E-state index contributed by atoms with van der Waals surface area (Å²) in [6.45, 7) is 7.34. The van der Waals surface area contributed by atoms with Crippen molar-refractivity contribution < 1.29 is 14.3 Å². The smallest absolute Gasteiger partial charge is 0.322 e. The second-order valence-electron chi connectivity index (χ2n) is 8.57. The Hall–Kier alpha value is -3.39. The number of para-hydroxylation sites is 1. The zero-order chi connectivity index (χ0) is 24.7. The Labute approximate surface area is 200 Å². The van der Waals surface area contributed by atoms with Crippen LogP contribution in [0.25, 0.3) is 10.9 Å². The number of nitrogens with zero attached hydrogens (tertiary/aromatic N) is 3. The molecule has 8 nitrogen and oxygen atoms in total. The average molecular weight is 467 g/mol. The van der Waals surface area contributed by atoms with Crippen molar-refractivity contribution in [3.05, 3.63) is 64.7 Å². The van der Waals surface area contributed by atoms with E-state index in [4.69, 9.17) is 14.5 Å². The Morgan fingerprint density at radius 1 is 1.15 bits per heavy atom. The molecular weight excluding hydrogens is 432 g/mol. The predicted molar refractivity (Wildman–Crippen MR) is 134 cm³/mol. The summed E-state index contributed by atoms with van der Waals surface area (Å²) in [4.78, 5) is 33.6. The normalized spacial score (nSPS) is 12.1. The van der Waals surface area contributed by atoms with Crippen LogP contribution in [0.4, 0.5) is 10.5 Å². The first kappa shape index (κ1) is 25.2. The van der Waals surface area contributed by atoms with Crippen LogP contribution in [-0.4, -0.2) is 47.9 Å². The third kappa shape index (κ3) is 5.75. The molecule has 3 aromatic rings. The number of hydrogen-bond acceptors (Lipinski definition) is 5. The molecule has 0 bridgehead atoms. The van der Waals surface area contributed by atoms with Crippen LogP contribution in [0.15, 0.2) is 53.3 Å². The molecule has 0 saturated carbocycles. The number of methoxy groups -OCH3 is 2. The fourth-order valence-corrected chi connectivity index (χ4v) is 4.02. The van der Waals surface area contributed by atoms with Crippen LogP contribution in [0.2, 0.25) is 0 Å². The van der Waals surface area contributed by atoms with E-state index in [0.29, 0.717) is 54.3 Å². The van der Waals surface area contributed by atoms with Gasteiger partial charge in [-0.15, -0.1) is 0 Å². The second-order valence-corrected chi connectivity index (χ2v) is 8.57.